The fraction of sp³-hybridized carbons (Fsp3) is 0.500. The lowest BCUT2D eigenvalue weighted by molar-refractivity contribution is 0.397. The summed E-state index contributed by atoms with van der Waals surface area (Å²) in [6.45, 7) is 4.19. The molecule has 1 aliphatic rings. The van der Waals surface area contributed by atoms with Gasteiger partial charge in [0, 0.05) is 12.6 Å². The van der Waals surface area contributed by atoms with Crippen LogP contribution in [0.1, 0.15) is 26.7 Å². The van der Waals surface area contributed by atoms with Gasteiger partial charge in [0.1, 0.15) is 5.76 Å². The molecular weight excluding hydrogens is 150 g/mol. The van der Waals surface area contributed by atoms with Gasteiger partial charge in [-0.05, 0) is 25.8 Å². The fourth-order valence-corrected chi connectivity index (χ4v) is 0.730. The van der Waals surface area contributed by atoms with Crippen LogP contribution in [-0.2, 0) is 0 Å². The molecule has 2 nitrogen and oxygen atoms in total. The van der Waals surface area contributed by atoms with Crippen LogP contribution in [0.3, 0.4) is 0 Å². The van der Waals surface area contributed by atoms with E-state index in [1.54, 1.807) is 0 Å². The molecule has 0 aliphatic heterocycles. The number of aliphatic hydroxyl groups is 1. The summed E-state index contributed by atoms with van der Waals surface area (Å²) < 4.78 is 0. The van der Waals surface area contributed by atoms with E-state index in [-0.39, 0.29) is 0 Å². The van der Waals surface area contributed by atoms with Gasteiger partial charge in [-0.15, -0.1) is 0 Å². The van der Waals surface area contributed by atoms with Crippen molar-refractivity contribution in [3.63, 3.8) is 0 Å². The van der Waals surface area contributed by atoms with Crippen molar-refractivity contribution >= 4 is 6.21 Å². The van der Waals surface area contributed by atoms with Gasteiger partial charge >= 0.3 is 0 Å². The van der Waals surface area contributed by atoms with Crippen LogP contribution < -0.4 is 0 Å². The molecule has 12 heavy (non-hydrogen) atoms. The minimum atomic E-state index is 0.385. The van der Waals surface area contributed by atoms with Crippen molar-refractivity contribution in [2.24, 2.45) is 4.99 Å². The average molecular weight is 165 g/mol. The van der Waals surface area contributed by atoms with Crippen LogP contribution >= 0.6 is 0 Å². The van der Waals surface area contributed by atoms with E-state index in [1.807, 2.05) is 20.1 Å². The first-order valence-corrected chi connectivity index (χ1v) is 4.21. The highest BCUT2D eigenvalue weighted by Crippen LogP contribution is 2.20. The van der Waals surface area contributed by atoms with E-state index in [4.69, 9.17) is 0 Å². The van der Waals surface area contributed by atoms with Crippen molar-refractivity contribution in [1.29, 1.82) is 0 Å². The van der Waals surface area contributed by atoms with Crippen molar-refractivity contribution in [2.75, 3.05) is 6.54 Å². The Morgan fingerprint density at radius 2 is 2.33 bits per heavy atom. The second-order valence-electron chi connectivity index (χ2n) is 3.24. The zero-order valence-corrected chi connectivity index (χ0v) is 7.67. The minimum Gasteiger partial charge on any atom is -0.510 e. The Morgan fingerprint density at radius 3 is 2.83 bits per heavy atom. The Bertz CT molecular complexity index is 245. The number of aliphatic imine (C=N–C) groups is 1. The Morgan fingerprint density at radius 1 is 1.67 bits per heavy atom. The van der Waals surface area contributed by atoms with Crippen LogP contribution in [0.4, 0.5) is 0 Å². The van der Waals surface area contributed by atoms with E-state index in [2.05, 4.69) is 11.1 Å². The van der Waals surface area contributed by atoms with Gasteiger partial charge in [-0.25, -0.2) is 0 Å². The molecular formula is C10H15NO. The van der Waals surface area contributed by atoms with Crippen LogP contribution in [0.5, 0.6) is 0 Å². The van der Waals surface area contributed by atoms with Crippen LogP contribution in [-0.4, -0.2) is 17.9 Å². The summed E-state index contributed by atoms with van der Waals surface area (Å²) in [6.07, 6.45) is 6.17. The fourth-order valence-electron chi connectivity index (χ4n) is 0.730. The summed E-state index contributed by atoms with van der Waals surface area (Å²) in [6, 6.07) is 0. The summed E-state index contributed by atoms with van der Waals surface area (Å²) in [5, 5.41) is 9.26. The van der Waals surface area contributed by atoms with E-state index >= 15 is 0 Å². The van der Waals surface area contributed by atoms with Gasteiger partial charge < -0.3 is 5.11 Å². The zero-order valence-electron chi connectivity index (χ0n) is 7.67. The average Bonchev–Trinajstić information content (AvgIpc) is 2.80. The Balaban J connectivity index is 2.19. The van der Waals surface area contributed by atoms with Gasteiger partial charge in [-0.3, -0.25) is 4.99 Å². The molecule has 0 fully saturated rings. The number of allylic oxidation sites excluding steroid dienone is 3. The number of hydrogen-bond acceptors (Lipinski definition) is 2. The second kappa shape index (κ2) is 4.10. The minimum absolute atomic E-state index is 0.385. The highest BCUT2D eigenvalue weighted by atomic mass is 16.3. The summed E-state index contributed by atoms with van der Waals surface area (Å²) in [5.41, 5.74) is 2.40. The molecule has 2 heteroatoms. The zero-order chi connectivity index (χ0) is 8.97. The molecule has 0 aromatic rings. The molecule has 0 atom stereocenters. The first-order valence-electron chi connectivity index (χ1n) is 4.21. The number of nitrogens with zero attached hydrogens (tertiary/aromatic N) is 1. The summed E-state index contributed by atoms with van der Waals surface area (Å²) in [7, 11) is 0. The van der Waals surface area contributed by atoms with Crippen molar-refractivity contribution < 1.29 is 5.11 Å². The molecule has 0 saturated heterocycles. The normalized spacial score (nSPS) is 14.7. The van der Waals surface area contributed by atoms with Crippen LogP contribution in [0.15, 0.2) is 28.0 Å². The van der Waals surface area contributed by atoms with E-state index in [9.17, 15) is 5.11 Å². The quantitative estimate of drug-likeness (QED) is 0.387. The van der Waals surface area contributed by atoms with Crippen LogP contribution in [0.2, 0.25) is 0 Å². The SMILES string of the molecule is CC(C)=C(O)CN=CCC1=CC1. The lowest BCUT2D eigenvalue weighted by Crippen LogP contribution is -1.90. The van der Waals surface area contributed by atoms with Crippen LogP contribution in [0.25, 0.3) is 0 Å². The van der Waals surface area contributed by atoms with Crippen molar-refractivity contribution in [3.8, 4) is 0 Å². The summed E-state index contributed by atoms with van der Waals surface area (Å²) >= 11 is 0. The van der Waals surface area contributed by atoms with Crippen molar-refractivity contribution in [3.05, 3.63) is 23.0 Å². The highest BCUT2D eigenvalue weighted by molar-refractivity contribution is 5.63. The van der Waals surface area contributed by atoms with E-state index in [0.717, 1.165) is 18.4 Å². The molecule has 0 heterocycles. The molecule has 0 radical (unpaired) electrons. The van der Waals surface area contributed by atoms with E-state index in [0.29, 0.717) is 12.3 Å². The van der Waals surface area contributed by atoms with Crippen molar-refractivity contribution in [2.45, 2.75) is 26.7 Å². The largest absolute Gasteiger partial charge is 0.510 e. The van der Waals surface area contributed by atoms with Gasteiger partial charge in [-0.1, -0.05) is 11.6 Å². The Kier molecular flexibility index (Phi) is 3.09. The van der Waals surface area contributed by atoms with E-state index < -0.39 is 0 Å². The third kappa shape index (κ3) is 3.37. The first kappa shape index (κ1) is 9.04. The lowest BCUT2D eigenvalue weighted by Gasteiger charge is -1.96. The third-order valence-electron chi connectivity index (χ3n) is 1.79. The first-order chi connectivity index (χ1) is 5.70. The smallest absolute Gasteiger partial charge is 0.112 e. The molecule has 0 unspecified atom stereocenters. The maximum atomic E-state index is 9.26. The molecule has 0 spiro atoms. The maximum Gasteiger partial charge on any atom is 0.112 e. The predicted molar refractivity (Wildman–Crippen MR) is 51.7 cm³/mol. The van der Waals surface area contributed by atoms with Crippen LogP contribution in [0, 0.1) is 0 Å². The Hall–Kier alpha value is -1.05. The van der Waals surface area contributed by atoms with Gasteiger partial charge in [0.25, 0.3) is 0 Å². The standard InChI is InChI=1S/C10H15NO/c1-8(2)10(12)7-11-6-5-9-3-4-9/h3,6,12H,4-5,7H2,1-2H3. The lowest BCUT2D eigenvalue weighted by atomic mass is 10.3. The number of aliphatic hydroxyl groups excluding tert-OH is 1. The monoisotopic (exact) mass is 165 g/mol. The van der Waals surface area contributed by atoms with Gasteiger partial charge in [0.15, 0.2) is 0 Å². The molecule has 1 rings (SSSR count). The Labute approximate surface area is 73.3 Å². The van der Waals surface area contributed by atoms with Gasteiger partial charge in [0.2, 0.25) is 0 Å². The van der Waals surface area contributed by atoms with Gasteiger partial charge in [-0.2, -0.15) is 0 Å². The molecule has 1 aliphatic carbocycles. The third-order valence-corrected chi connectivity index (χ3v) is 1.79. The predicted octanol–water partition coefficient (Wildman–Crippen LogP) is 2.63. The van der Waals surface area contributed by atoms with E-state index in [1.165, 1.54) is 5.57 Å². The highest BCUT2D eigenvalue weighted by Gasteiger charge is 2.03. The summed E-state index contributed by atoms with van der Waals surface area (Å²) in [5.74, 6) is 0.385. The molecule has 0 aromatic carbocycles. The topological polar surface area (TPSA) is 32.6 Å². The number of rotatable bonds is 4. The van der Waals surface area contributed by atoms with Gasteiger partial charge in [0.05, 0.1) is 6.54 Å². The molecule has 0 bridgehead atoms. The molecule has 0 amide bonds. The van der Waals surface area contributed by atoms with Crippen molar-refractivity contribution in [1.82, 2.24) is 0 Å². The number of hydrogen-bond donors (Lipinski definition) is 1. The summed E-state index contributed by atoms with van der Waals surface area (Å²) in [4.78, 5) is 4.10. The molecule has 1 N–H and O–H groups in total. The maximum absolute atomic E-state index is 9.26. The molecule has 0 aromatic heterocycles. The second-order valence-corrected chi connectivity index (χ2v) is 3.24. The molecule has 0 saturated carbocycles. The molecule has 66 valence electrons.